The van der Waals surface area contributed by atoms with Crippen molar-refractivity contribution < 1.29 is 12.6 Å². The van der Waals surface area contributed by atoms with Crippen LogP contribution in [0.15, 0.2) is 39.9 Å². The standard InChI is InChI=1S/C13H17BrO3S/c1-3-4-5-12(10-14)17-18(15,16)13-8-6-11(2)7-9-13/h6-10H,3-5H2,1-2H3/b12-10+. The minimum atomic E-state index is -3.72. The molecule has 100 valence electrons. The highest BCUT2D eigenvalue weighted by molar-refractivity contribution is 9.11. The van der Waals surface area contributed by atoms with E-state index in [0.717, 1.165) is 18.4 Å². The van der Waals surface area contributed by atoms with E-state index in [1.807, 2.05) is 13.8 Å². The zero-order valence-electron chi connectivity index (χ0n) is 10.5. The van der Waals surface area contributed by atoms with Crippen LogP contribution in [-0.4, -0.2) is 8.42 Å². The van der Waals surface area contributed by atoms with E-state index in [-0.39, 0.29) is 4.90 Å². The van der Waals surface area contributed by atoms with E-state index in [4.69, 9.17) is 4.18 Å². The number of halogens is 1. The van der Waals surface area contributed by atoms with Gasteiger partial charge in [0.15, 0.2) is 0 Å². The van der Waals surface area contributed by atoms with Gasteiger partial charge in [-0.25, -0.2) is 0 Å². The molecule has 0 bridgehead atoms. The maximum atomic E-state index is 12.0. The van der Waals surface area contributed by atoms with Gasteiger partial charge >= 0.3 is 10.1 Å². The molecule has 0 heterocycles. The lowest BCUT2D eigenvalue weighted by atomic mass is 10.2. The topological polar surface area (TPSA) is 43.4 Å². The van der Waals surface area contributed by atoms with Gasteiger partial charge in [-0.2, -0.15) is 8.42 Å². The van der Waals surface area contributed by atoms with Gasteiger partial charge in [-0.1, -0.05) is 47.0 Å². The first-order valence-corrected chi connectivity index (χ1v) is 8.12. The summed E-state index contributed by atoms with van der Waals surface area (Å²) in [5.41, 5.74) is 1.01. The minimum Gasteiger partial charge on any atom is -0.383 e. The minimum absolute atomic E-state index is 0.177. The second-order valence-corrected chi connectivity index (χ2v) is 6.03. The Labute approximate surface area is 117 Å². The predicted octanol–water partition coefficient (Wildman–Crippen LogP) is 4.13. The molecule has 0 aliphatic rings. The van der Waals surface area contributed by atoms with Gasteiger partial charge in [0.25, 0.3) is 0 Å². The van der Waals surface area contributed by atoms with Crippen molar-refractivity contribution in [2.24, 2.45) is 0 Å². The number of benzene rings is 1. The molecular formula is C13H17BrO3S. The highest BCUT2D eigenvalue weighted by Gasteiger charge is 2.17. The molecule has 0 N–H and O–H groups in total. The molecule has 18 heavy (non-hydrogen) atoms. The molecule has 0 amide bonds. The molecule has 0 spiro atoms. The van der Waals surface area contributed by atoms with Crippen molar-refractivity contribution in [1.82, 2.24) is 0 Å². The van der Waals surface area contributed by atoms with Crippen LogP contribution in [-0.2, 0) is 14.3 Å². The van der Waals surface area contributed by atoms with Crippen LogP contribution in [0.4, 0.5) is 0 Å². The van der Waals surface area contributed by atoms with Gasteiger partial charge in [0, 0.05) is 11.4 Å². The normalized spacial score (nSPS) is 12.5. The van der Waals surface area contributed by atoms with E-state index in [1.54, 1.807) is 24.3 Å². The summed E-state index contributed by atoms with van der Waals surface area (Å²) in [4.78, 5) is 1.70. The molecule has 1 aromatic rings. The van der Waals surface area contributed by atoms with Gasteiger partial charge in [0.1, 0.15) is 10.7 Å². The number of hydrogen-bond donors (Lipinski definition) is 0. The summed E-state index contributed by atoms with van der Waals surface area (Å²) in [6, 6.07) is 6.60. The zero-order valence-corrected chi connectivity index (χ0v) is 12.9. The summed E-state index contributed by atoms with van der Waals surface area (Å²) in [7, 11) is -3.72. The predicted molar refractivity (Wildman–Crippen MR) is 76.0 cm³/mol. The fourth-order valence-corrected chi connectivity index (χ4v) is 2.78. The van der Waals surface area contributed by atoms with Crippen LogP contribution in [0.25, 0.3) is 0 Å². The molecule has 5 heteroatoms. The van der Waals surface area contributed by atoms with E-state index in [0.29, 0.717) is 12.2 Å². The van der Waals surface area contributed by atoms with E-state index in [9.17, 15) is 8.42 Å². The van der Waals surface area contributed by atoms with E-state index >= 15 is 0 Å². The second kappa shape index (κ2) is 6.95. The van der Waals surface area contributed by atoms with Crippen molar-refractivity contribution in [1.29, 1.82) is 0 Å². The summed E-state index contributed by atoms with van der Waals surface area (Å²) in [5.74, 6) is 0.428. The summed E-state index contributed by atoms with van der Waals surface area (Å²) in [5, 5.41) is 0. The maximum Gasteiger partial charge on any atom is 0.338 e. The second-order valence-electron chi connectivity index (χ2n) is 4.03. The quantitative estimate of drug-likeness (QED) is 0.581. The number of unbranched alkanes of at least 4 members (excludes halogenated alkanes) is 1. The van der Waals surface area contributed by atoms with Gasteiger partial charge < -0.3 is 4.18 Å². The van der Waals surface area contributed by atoms with Crippen molar-refractivity contribution in [3.05, 3.63) is 40.6 Å². The van der Waals surface area contributed by atoms with E-state index < -0.39 is 10.1 Å². The molecular weight excluding hydrogens is 316 g/mol. The van der Waals surface area contributed by atoms with Crippen LogP contribution < -0.4 is 0 Å². The Balaban J connectivity index is 2.84. The number of allylic oxidation sites excluding steroid dienone is 1. The molecule has 1 aromatic carbocycles. The Bertz CT molecular complexity index is 504. The Morgan fingerprint density at radius 1 is 1.33 bits per heavy atom. The van der Waals surface area contributed by atoms with Crippen LogP contribution in [0, 0.1) is 6.92 Å². The van der Waals surface area contributed by atoms with Crippen LogP contribution >= 0.6 is 15.9 Å². The molecule has 0 saturated heterocycles. The molecule has 0 unspecified atom stereocenters. The Morgan fingerprint density at radius 2 is 1.94 bits per heavy atom. The third-order valence-electron chi connectivity index (χ3n) is 2.42. The lowest BCUT2D eigenvalue weighted by molar-refractivity contribution is 0.388. The summed E-state index contributed by atoms with van der Waals surface area (Å²) >= 11 is 3.13. The van der Waals surface area contributed by atoms with Gasteiger partial charge in [0.2, 0.25) is 0 Å². The number of aryl methyl sites for hydroxylation is 1. The SMILES string of the molecule is CCCC/C(=C\Br)OS(=O)(=O)c1ccc(C)cc1. The third kappa shape index (κ3) is 4.46. The lowest BCUT2D eigenvalue weighted by Gasteiger charge is -2.09. The van der Waals surface area contributed by atoms with Crippen molar-refractivity contribution in [3.63, 3.8) is 0 Å². The van der Waals surface area contributed by atoms with Crippen molar-refractivity contribution in [2.45, 2.75) is 38.0 Å². The fraction of sp³-hybridized carbons (Fsp3) is 0.385. The maximum absolute atomic E-state index is 12.0. The first-order valence-electron chi connectivity index (χ1n) is 5.80. The average molecular weight is 333 g/mol. The molecule has 0 aliphatic carbocycles. The van der Waals surface area contributed by atoms with Gasteiger partial charge in [0.05, 0.1) is 0 Å². The Morgan fingerprint density at radius 3 is 2.44 bits per heavy atom. The largest absolute Gasteiger partial charge is 0.383 e. The molecule has 0 aromatic heterocycles. The average Bonchev–Trinajstić information content (AvgIpc) is 2.35. The molecule has 0 fully saturated rings. The Kier molecular flexibility index (Phi) is 5.88. The first-order chi connectivity index (χ1) is 8.49. The molecule has 1 rings (SSSR count). The van der Waals surface area contributed by atoms with Crippen LogP contribution in [0.2, 0.25) is 0 Å². The third-order valence-corrected chi connectivity index (χ3v) is 4.22. The van der Waals surface area contributed by atoms with Gasteiger partial charge in [-0.3, -0.25) is 0 Å². The fourth-order valence-electron chi connectivity index (χ4n) is 1.36. The smallest absolute Gasteiger partial charge is 0.338 e. The molecule has 3 nitrogen and oxygen atoms in total. The lowest BCUT2D eigenvalue weighted by Crippen LogP contribution is -2.06. The van der Waals surface area contributed by atoms with Crippen molar-refractivity contribution in [3.8, 4) is 0 Å². The van der Waals surface area contributed by atoms with Crippen molar-refractivity contribution >= 4 is 26.0 Å². The molecule has 0 aliphatic heterocycles. The summed E-state index contributed by atoms with van der Waals surface area (Å²) in [6.45, 7) is 3.95. The Hall–Kier alpha value is -0.810. The van der Waals surface area contributed by atoms with Gasteiger partial charge in [-0.15, -0.1) is 0 Å². The van der Waals surface area contributed by atoms with Crippen LogP contribution in [0.3, 0.4) is 0 Å². The number of hydrogen-bond acceptors (Lipinski definition) is 3. The van der Waals surface area contributed by atoms with E-state index in [2.05, 4.69) is 15.9 Å². The highest BCUT2D eigenvalue weighted by Crippen LogP contribution is 2.20. The molecule has 0 saturated carbocycles. The first kappa shape index (κ1) is 15.2. The van der Waals surface area contributed by atoms with Crippen LogP contribution in [0.1, 0.15) is 31.7 Å². The van der Waals surface area contributed by atoms with Crippen molar-refractivity contribution in [2.75, 3.05) is 0 Å². The summed E-state index contributed by atoms with van der Waals surface area (Å²) in [6.07, 6.45) is 2.48. The van der Waals surface area contributed by atoms with Crippen LogP contribution in [0.5, 0.6) is 0 Å². The summed E-state index contributed by atoms with van der Waals surface area (Å²) < 4.78 is 29.1. The molecule has 0 radical (unpaired) electrons. The number of rotatable bonds is 6. The monoisotopic (exact) mass is 332 g/mol. The highest BCUT2D eigenvalue weighted by atomic mass is 79.9. The van der Waals surface area contributed by atoms with E-state index in [1.165, 1.54) is 4.99 Å². The zero-order chi connectivity index (χ0) is 13.6. The van der Waals surface area contributed by atoms with Gasteiger partial charge in [-0.05, 0) is 25.5 Å². The molecule has 0 atom stereocenters.